The van der Waals surface area contributed by atoms with E-state index in [0.717, 1.165) is 72.4 Å². The minimum absolute atomic E-state index is 0. The predicted octanol–water partition coefficient (Wildman–Crippen LogP) is 12.7. The number of para-hydroxylation sites is 1. The van der Waals surface area contributed by atoms with Gasteiger partial charge >= 0.3 is 124 Å². The van der Waals surface area contributed by atoms with Gasteiger partial charge in [0.25, 0.3) is 0 Å². The Morgan fingerprint density at radius 3 is 2.26 bits per heavy atom. The number of imidazole rings is 1. The van der Waals surface area contributed by atoms with Crippen molar-refractivity contribution in [1.82, 2.24) is 19.5 Å². The molecule has 0 aliphatic heterocycles. The Morgan fingerprint density at radius 2 is 1.57 bits per heavy atom. The van der Waals surface area contributed by atoms with E-state index in [9.17, 15) is 0 Å². The molecule has 9 rings (SSSR count). The van der Waals surface area contributed by atoms with E-state index in [1.54, 1.807) is 12.1 Å². The number of pyridine rings is 2. The van der Waals surface area contributed by atoms with Gasteiger partial charge in [0.05, 0.1) is 28.6 Å². The molecule has 9 aromatic rings. The second-order valence-electron chi connectivity index (χ2n) is 16.4. The van der Waals surface area contributed by atoms with E-state index in [-0.39, 0.29) is 37.5 Å². The summed E-state index contributed by atoms with van der Waals surface area (Å²) in [6, 6.07) is 44.6. The number of nitrogens with zero attached hydrogens (tertiary/aromatic N) is 4. The summed E-state index contributed by atoms with van der Waals surface area (Å²) in [4.78, 5) is 14.2. The van der Waals surface area contributed by atoms with Gasteiger partial charge in [-0.25, -0.2) is 0 Å². The second kappa shape index (κ2) is 16.6. The molecule has 0 aliphatic rings. The van der Waals surface area contributed by atoms with Crippen molar-refractivity contribution in [3.8, 4) is 39.5 Å². The SMILES string of the molecule is CC(C)(C)c1cncc2nc(-c3[c-]ccc4c3oc3ccccc34)n(-c3ccc(-c4ccccc4)cc3)c12.[2H]C(C)c1cc(-c2[c-]cc(C([2H])([2H])[2H])cc2)nc[c]1[Ge]([CH3])([CH3])[CH3].[Ir]. The number of hydrogen-bond acceptors (Lipinski definition) is 4. The minimum Gasteiger partial charge on any atom is 0 e. The molecular formula is C51H48GeIrN4O-2. The molecule has 4 aromatic heterocycles. The van der Waals surface area contributed by atoms with Gasteiger partial charge in [-0.15, -0.1) is 18.2 Å². The quantitative estimate of drug-likeness (QED) is 0.123. The molecule has 4 heterocycles. The van der Waals surface area contributed by atoms with Gasteiger partial charge in [0.1, 0.15) is 5.58 Å². The molecule has 0 amide bonds. The Kier molecular flexibility index (Phi) is 10.3. The Balaban J connectivity index is 0.000000208. The number of benzene rings is 5. The van der Waals surface area contributed by atoms with Crippen molar-refractivity contribution in [3.63, 3.8) is 0 Å². The molecule has 0 N–H and O–H groups in total. The normalized spacial score (nSPS) is 13.5. The number of hydrogen-bond donors (Lipinski definition) is 0. The molecule has 1 unspecified atom stereocenters. The predicted molar refractivity (Wildman–Crippen MR) is 240 cm³/mol. The van der Waals surface area contributed by atoms with Crippen molar-refractivity contribution in [1.29, 1.82) is 0 Å². The van der Waals surface area contributed by atoms with Crippen LogP contribution in [0.25, 0.3) is 72.4 Å². The van der Waals surface area contributed by atoms with Crippen molar-refractivity contribution in [2.45, 2.75) is 63.6 Å². The van der Waals surface area contributed by atoms with Gasteiger partial charge in [-0.3, -0.25) is 9.97 Å². The zero-order valence-electron chi connectivity index (χ0n) is 37.8. The number of fused-ring (bicyclic) bond motifs is 4. The average Bonchev–Trinajstić information content (AvgIpc) is 3.82. The van der Waals surface area contributed by atoms with E-state index in [1.165, 1.54) is 21.6 Å². The number of aryl methyl sites for hydroxylation is 2. The number of rotatable bonds is 6. The summed E-state index contributed by atoms with van der Waals surface area (Å²) in [7, 11) is 0. The molecule has 0 saturated heterocycles. The van der Waals surface area contributed by atoms with Crippen LogP contribution in [0.3, 0.4) is 0 Å². The van der Waals surface area contributed by atoms with Gasteiger partial charge in [-0.05, 0) is 34.7 Å². The van der Waals surface area contributed by atoms with E-state index < -0.39 is 20.1 Å². The van der Waals surface area contributed by atoms with E-state index >= 15 is 0 Å². The molecule has 0 saturated carbocycles. The first kappa shape index (κ1) is 36.0. The maximum absolute atomic E-state index is 8.13. The Morgan fingerprint density at radius 1 is 0.828 bits per heavy atom. The third-order valence-electron chi connectivity index (χ3n) is 10.3. The molecule has 293 valence electrons. The van der Waals surface area contributed by atoms with Gasteiger partial charge in [0, 0.05) is 42.9 Å². The summed E-state index contributed by atoms with van der Waals surface area (Å²) in [5, 5.41) is 2.14. The van der Waals surface area contributed by atoms with Crippen LogP contribution in [0.4, 0.5) is 0 Å². The minimum atomic E-state index is -2.12. The van der Waals surface area contributed by atoms with Gasteiger partial charge in [0.15, 0.2) is 0 Å². The average molecular weight is 1000 g/mol. The van der Waals surface area contributed by atoms with Crippen molar-refractivity contribution in [2.75, 3.05) is 0 Å². The Hall–Kier alpha value is -5.14. The van der Waals surface area contributed by atoms with Crippen LogP contribution < -0.4 is 4.40 Å². The van der Waals surface area contributed by atoms with Crippen molar-refractivity contribution in [3.05, 3.63) is 163 Å². The van der Waals surface area contributed by atoms with Crippen LogP contribution in [0, 0.1) is 19.0 Å². The van der Waals surface area contributed by atoms with Gasteiger partial charge in [0.2, 0.25) is 0 Å². The van der Waals surface area contributed by atoms with Crippen LogP contribution in [-0.2, 0) is 31.9 Å². The molecule has 0 spiro atoms. The van der Waals surface area contributed by atoms with Gasteiger partial charge in [-0.2, -0.15) is 0 Å². The first-order chi connectivity index (χ1) is 29.0. The van der Waals surface area contributed by atoms with Crippen LogP contribution in [0.15, 0.2) is 138 Å². The summed E-state index contributed by atoms with van der Waals surface area (Å²) in [6.07, 6.45) is 5.41. The van der Waals surface area contributed by atoms with E-state index in [0.29, 0.717) is 0 Å². The second-order valence-corrected chi connectivity index (χ2v) is 26.9. The Bertz CT molecular complexity index is 3000. The molecule has 0 aliphatic carbocycles. The molecule has 0 fully saturated rings. The molecular weight excluding hydrogens is 949 g/mol. The van der Waals surface area contributed by atoms with Crippen LogP contribution in [-0.4, -0.2) is 32.8 Å². The fourth-order valence-corrected chi connectivity index (χ4v) is 10.6. The third kappa shape index (κ3) is 8.11. The number of furan rings is 1. The van der Waals surface area contributed by atoms with Crippen LogP contribution in [0.2, 0.25) is 17.3 Å². The smallest absolute Gasteiger partial charge is 0 e. The molecule has 5 aromatic carbocycles. The van der Waals surface area contributed by atoms with E-state index in [1.807, 2.05) is 61.9 Å². The topological polar surface area (TPSA) is 56.7 Å². The van der Waals surface area contributed by atoms with E-state index in [4.69, 9.17) is 14.9 Å². The molecule has 5 nitrogen and oxygen atoms in total. The summed E-state index contributed by atoms with van der Waals surface area (Å²) in [5.41, 5.74) is 11.6. The fraction of sp³-hybridized carbons (Fsp3) is 0.196. The van der Waals surface area contributed by atoms with Crippen LogP contribution in [0.1, 0.15) is 49.9 Å². The zero-order valence-corrected chi connectivity index (χ0v) is 38.3. The first-order valence-corrected chi connectivity index (χ1v) is 26.6. The molecule has 1 radical (unpaired) electrons. The largest absolute Gasteiger partial charge is 0 e. The molecule has 0 bridgehead atoms. The van der Waals surface area contributed by atoms with Gasteiger partial charge < -0.3 is 8.98 Å². The monoisotopic (exact) mass is 1000 g/mol. The van der Waals surface area contributed by atoms with Crippen LogP contribution in [0.5, 0.6) is 0 Å². The summed E-state index contributed by atoms with van der Waals surface area (Å²) in [5.74, 6) is 7.66. The standard InChI is InChI=1S/C34H26N3O.C17H22GeN.Ir/c1-34(2,3)28-20-35-21-29-31(28)37(24-18-16-23(17-19-24)22-10-5-4-6-11-22)33(36-29)27-14-9-13-26-25-12-7-8-15-30(25)38-32(26)27;1-6-14-11-17(15-9-7-13(2)8-10-15)19-12-16(14)18(3,4)5;/h4-13,15-21H,1-3H3;7-9,11-12H,6H2,1-5H3;/q2*-1;/i;2D3,6D;. The van der Waals surface area contributed by atoms with Crippen molar-refractivity contribution in [2.24, 2.45) is 0 Å². The zero-order chi connectivity index (χ0) is 43.3. The van der Waals surface area contributed by atoms with E-state index in [2.05, 4.69) is 125 Å². The maximum Gasteiger partial charge on any atom is 0 e. The third-order valence-corrected chi connectivity index (χ3v) is 14.6. The maximum atomic E-state index is 8.13. The van der Waals surface area contributed by atoms with Crippen molar-refractivity contribution < 1.29 is 30.0 Å². The van der Waals surface area contributed by atoms with Crippen LogP contribution >= 0.6 is 0 Å². The number of aromatic nitrogens is 4. The first-order valence-electron chi connectivity index (χ1n) is 21.4. The molecule has 58 heavy (non-hydrogen) atoms. The summed E-state index contributed by atoms with van der Waals surface area (Å²) < 4.78 is 40.3. The summed E-state index contributed by atoms with van der Waals surface area (Å²) >= 11 is -2.09. The van der Waals surface area contributed by atoms with Crippen molar-refractivity contribution >= 4 is 50.6 Å². The molecule has 7 heteroatoms. The van der Waals surface area contributed by atoms with Gasteiger partial charge in [-0.1, -0.05) is 92.4 Å². The Labute approximate surface area is 363 Å². The summed E-state index contributed by atoms with van der Waals surface area (Å²) in [6.45, 7) is 6.40. The fourth-order valence-electron chi connectivity index (χ4n) is 7.36. The molecule has 1 atom stereocenters.